The average molecular weight is 417 g/mol. The van der Waals surface area contributed by atoms with Gasteiger partial charge in [0.25, 0.3) is 0 Å². The van der Waals surface area contributed by atoms with Gasteiger partial charge in [0.2, 0.25) is 11.8 Å². The molecule has 9 heteroatoms. The fourth-order valence-electron chi connectivity index (χ4n) is 2.79. The van der Waals surface area contributed by atoms with Crippen molar-refractivity contribution in [1.29, 1.82) is 0 Å². The minimum absolute atomic E-state index is 0.000884. The van der Waals surface area contributed by atoms with Crippen molar-refractivity contribution in [3.8, 4) is 0 Å². The molecule has 1 fully saturated rings. The number of amides is 2. The van der Waals surface area contributed by atoms with Gasteiger partial charge >= 0.3 is 0 Å². The molecule has 0 bridgehead atoms. The molecule has 1 aromatic rings. The monoisotopic (exact) mass is 416 g/mol. The maximum Gasteiger partial charge on any atom is 0.245 e. The molecule has 0 unspecified atom stereocenters. The number of aryl methyl sites for hydroxylation is 1. The lowest BCUT2D eigenvalue weighted by Crippen LogP contribution is -2.46. The summed E-state index contributed by atoms with van der Waals surface area (Å²) in [5, 5.41) is 3.32. The van der Waals surface area contributed by atoms with Gasteiger partial charge in [-0.2, -0.15) is 0 Å². The zero-order valence-corrected chi connectivity index (χ0v) is 17.9. The van der Waals surface area contributed by atoms with E-state index in [1.807, 2.05) is 6.92 Å². The summed E-state index contributed by atoms with van der Waals surface area (Å²) in [5.41, 5.74) is -0.710. The molecule has 7 nitrogen and oxygen atoms in total. The van der Waals surface area contributed by atoms with E-state index in [-0.39, 0.29) is 24.2 Å². The van der Waals surface area contributed by atoms with Crippen LogP contribution in [0.1, 0.15) is 25.1 Å². The number of nitrogens with one attached hydrogen (secondary N) is 1. The summed E-state index contributed by atoms with van der Waals surface area (Å²) in [4.78, 5) is 34.4. The van der Waals surface area contributed by atoms with Crippen LogP contribution in [-0.2, 0) is 14.3 Å². The highest BCUT2D eigenvalue weighted by Gasteiger charge is 2.32. The van der Waals surface area contributed by atoms with Crippen LogP contribution in [0.4, 0.5) is 5.13 Å². The second-order valence-electron chi connectivity index (χ2n) is 7.38. The van der Waals surface area contributed by atoms with Gasteiger partial charge in [-0.15, -0.1) is 22.9 Å². The minimum atomic E-state index is -0.710. The molecule has 0 spiro atoms. The predicted octanol–water partition coefficient (Wildman–Crippen LogP) is 2.21. The molecule has 1 N–H and O–H groups in total. The maximum atomic E-state index is 12.9. The first-order valence-corrected chi connectivity index (χ1v) is 10.5. The van der Waals surface area contributed by atoms with Gasteiger partial charge in [-0.25, -0.2) is 4.98 Å². The number of halogens is 1. The molecule has 0 saturated carbocycles. The quantitative estimate of drug-likeness (QED) is 0.624. The molecule has 0 aliphatic carbocycles. The number of ether oxygens (including phenoxy) is 1. The van der Waals surface area contributed by atoms with Crippen LogP contribution in [0.25, 0.3) is 0 Å². The first-order chi connectivity index (χ1) is 12.8. The Morgan fingerprint density at radius 1 is 1.41 bits per heavy atom. The van der Waals surface area contributed by atoms with Crippen LogP contribution >= 0.6 is 22.9 Å². The van der Waals surface area contributed by atoms with Crippen LogP contribution in [0.15, 0.2) is 6.20 Å². The molecular formula is C18H29ClN4O3S. The molecule has 2 rings (SSSR count). The number of thiazole rings is 1. The lowest BCUT2D eigenvalue weighted by Gasteiger charge is -2.31. The number of hydrogen-bond donors (Lipinski definition) is 1. The van der Waals surface area contributed by atoms with Crippen LogP contribution < -0.4 is 5.32 Å². The topological polar surface area (TPSA) is 74.8 Å². The number of rotatable bonds is 9. The number of alkyl halides is 1. The standard InChI is InChI=1S/C18H29ClN4O3S/c1-14-11-20-17(27-14)21-15(24)12-23(16(25)18(2,3)13-19)6-4-5-22-7-9-26-10-8-22/h11H,4-10,12-13H2,1-3H3,(H,20,21,24). The van der Waals surface area contributed by atoms with Crippen LogP contribution in [0, 0.1) is 12.3 Å². The van der Waals surface area contributed by atoms with E-state index in [1.165, 1.54) is 11.3 Å². The summed E-state index contributed by atoms with van der Waals surface area (Å²) in [6, 6.07) is 0. The van der Waals surface area contributed by atoms with E-state index in [0.29, 0.717) is 11.7 Å². The van der Waals surface area contributed by atoms with Gasteiger partial charge in [0, 0.05) is 43.1 Å². The van der Waals surface area contributed by atoms with E-state index < -0.39 is 5.41 Å². The lowest BCUT2D eigenvalue weighted by molar-refractivity contribution is -0.141. The van der Waals surface area contributed by atoms with E-state index in [0.717, 1.165) is 44.1 Å². The first kappa shape index (κ1) is 22.1. The average Bonchev–Trinajstić information content (AvgIpc) is 3.05. The molecule has 1 saturated heterocycles. The van der Waals surface area contributed by atoms with E-state index >= 15 is 0 Å². The summed E-state index contributed by atoms with van der Waals surface area (Å²) in [6.45, 7) is 10.2. The second-order valence-corrected chi connectivity index (χ2v) is 8.88. The zero-order chi connectivity index (χ0) is 19.9. The van der Waals surface area contributed by atoms with Gasteiger partial charge in [0.05, 0.1) is 25.2 Å². The lowest BCUT2D eigenvalue weighted by atomic mass is 9.94. The van der Waals surface area contributed by atoms with Crippen molar-refractivity contribution in [2.75, 3.05) is 57.1 Å². The first-order valence-electron chi connectivity index (χ1n) is 9.19. The summed E-state index contributed by atoms with van der Waals surface area (Å²) in [7, 11) is 0. The number of anilines is 1. The highest BCUT2D eigenvalue weighted by molar-refractivity contribution is 7.15. The number of aromatic nitrogens is 1. The summed E-state index contributed by atoms with van der Waals surface area (Å²) in [6.07, 6.45) is 2.51. The number of nitrogens with zero attached hydrogens (tertiary/aromatic N) is 3. The fourth-order valence-corrected chi connectivity index (χ4v) is 3.59. The van der Waals surface area contributed by atoms with Gasteiger partial charge in [-0.05, 0) is 27.2 Å². The summed E-state index contributed by atoms with van der Waals surface area (Å²) < 4.78 is 5.36. The molecule has 1 aromatic heterocycles. The molecular weight excluding hydrogens is 388 g/mol. The highest BCUT2D eigenvalue weighted by Crippen LogP contribution is 2.21. The molecule has 2 amide bonds. The van der Waals surface area contributed by atoms with Gasteiger partial charge in [-0.1, -0.05) is 0 Å². The Labute approximate surface area is 170 Å². The Hall–Kier alpha value is -1.22. The Morgan fingerprint density at radius 2 is 2.11 bits per heavy atom. The highest BCUT2D eigenvalue weighted by atomic mass is 35.5. The van der Waals surface area contributed by atoms with Gasteiger partial charge in [-0.3, -0.25) is 14.5 Å². The Morgan fingerprint density at radius 3 is 2.70 bits per heavy atom. The van der Waals surface area contributed by atoms with Gasteiger partial charge < -0.3 is 15.0 Å². The van der Waals surface area contributed by atoms with E-state index in [1.54, 1.807) is 24.9 Å². The minimum Gasteiger partial charge on any atom is -0.379 e. The van der Waals surface area contributed by atoms with Crippen molar-refractivity contribution < 1.29 is 14.3 Å². The Balaban J connectivity index is 1.93. The second kappa shape index (κ2) is 10.4. The van der Waals surface area contributed by atoms with Crippen molar-refractivity contribution in [2.45, 2.75) is 27.2 Å². The summed E-state index contributed by atoms with van der Waals surface area (Å²) in [5.74, 6) is -0.140. The van der Waals surface area contributed by atoms with Crippen LogP contribution in [0.5, 0.6) is 0 Å². The smallest absolute Gasteiger partial charge is 0.245 e. The van der Waals surface area contributed by atoms with Crippen LogP contribution in [-0.4, -0.2) is 78.4 Å². The Kier molecular flexibility index (Phi) is 8.47. The SMILES string of the molecule is Cc1cnc(NC(=O)CN(CCCN2CCOCC2)C(=O)C(C)(C)CCl)s1. The molecule has 1 aliphatic heterocycles. The molecule has 2 heterocycles. The largest absolute Gasteiger partial charge is 0.379 e. The normalized spacial score (nSPS) is 15.6. The molecule has 1 aliphatic rings. The van der Waals surface area contributed by atoms with E-state index in [4.69, 9.17) is 16.3 Å². The fraction of sp³-hybridized carbons (Fsp3) is 0.722. The Bertz CT molecular complexity index is 632. The molecule has 0 atom stereocenters. The van der Waals surface area contributed by atoms with Gasteiger partial charge in [0.1, 0.15) is 0 Å². The molecule has 27 heavy (non-hydrogen) atoms. The number of carbonyl (C=O) groups excluding carboxylic acids is 2. The predicted molar refractivity (Wildman–Crippen MR) is 108 cm³/mol. The number of morpholine rings is 1. The van der Waals surface area contributed by atoms with Crippen molar-refractivity contribution >= 4 is 39.9 Å². The third kappa shape index (κ3) is 7.03. The third-order valence-corrected chi connectivity index (χ3v) is 5.90. The molecule has 0 radical (unpaired) electrons. The number of hydrogen-bond acceptors (Lipinski definition) is 6. The van der Waals surface area contributed by atoms with Crippen molar-refractivity contribution in [1.82, 2.24) is 14.8 Å². The number of carbonyl (C=O) groups is 2. The molecule has 152 valence electrons. The van der Waals surface area contributed by atoms with Crippen LogP contribution in [0.2, 0.25) is 0 Å². The van der Waals surface area contributed by atoms with Crippen molar-refractivity contribution in [3.05, 3.63) is 11.1 Å². The summed E-state index contributed by atoms with van der Waals surface area (Å²) >= 11 is 7.39. The third-order valence-electron chi connectivity index (χ3n) is 4.41. The van der Waals surface area contributed by atoms with E-state index in [9.17, 15) is 9.59 Å². The zero-order valence-electron chi connectivity index (χ0n) is 16.3. The van der Waals surface area contributed by atoms with Crippen molar-refractivity contribution in [3.63, 3.8) is 0 Å². The van der Waals surface area contributed by atoms with E-state index in [2.05, 4.69) is 15.2 Å². The molecule has 0 aromatic carbocycles. The maximum absolute atomic E-state index is 12.9. The van der Waals surface area contributed by atoms with Gasteiger partial charge in [0.15, 0.2) is 5.13 Å². The van der Waals surface area contributed by atoms with Crippen molar-refractivity contribution in [2.24, 2.45) is 5.41 Å². The van der Waals surface area contributed by atoms with Crippen LogP contribution in [0.3, 0.4) is 0 Å².